The molecule has 0 radical (unpaired) electrons. The summed E-state index contributed by atoms with van der Waals surface area (Å²) in [6.45, 7) is -0.441. The molecule has 0 aliphatic rings. The number of carboxylic acids is 1. The Morgan fingerprint density at radius 1 is 1.42 bits per heavy atom. The first-order valence-electron chi connectivity index (χ1n) is 5.50. The van der Waals surface area contributed by atoms with Gasteiger partial charge in [-0.05, 0) is 12.7 Å². The topological polar surface area (TPSA) is 69.6 Å². The minimum atomic E-state index is -4.63. The van der Waals surface area contributed by atoms with Gasteiger partial charge in [-0.25, -0.2) is 4.79 Å². The molecule has 0 aromatic rings. The molecule has 112 valence electrons. The van der Waals surface area contributed by atoms with E-state index in [-0.39, 0.29) is 16.7 Å². The molecule has 0 heterocycles. The molecule has 0 aliphatic carbocycles. The van der Waals surface area contributed by atoms with Crippen LogP contribution in [-0.4, -0.2) is 59.3 Å². The van der Waals surface area contributed by atoms with Gasteiger partial charge in [0.1, 0.15) is 13.1 Å². The van der Waals surface area contributed by atoms with Crippen LogP contribution in [0.4, 0.5) is 18.0 Å². The number of carbonyl (C=O) groups is 2. The number of hydrogen-bond acceptors (Lipinski definition) is 3. The molecule has 0 saturated heterocycles. The van der Waals surface area contributed by atoms with E-state index in [0.29, 0.717) is 6.42 Å². The van der Waals surface area contributed by atoms with Crippen molar-refractivity contribution in [2.24, 2.45) is 0 Å². The van der Waals surface area contributed by atoms with Crippen molar-refractivity contribution in [2.75, 3.05) is 25.9 Å². The van der Waals surface area contributed by atoms with Gasteiger partial charge in [0.05, 0.1) is 0 Å². The maximum atomic E-state index is 12.2. The fourth-order valence-electron chi connectivity index (χ4n) is 1.19. The minimum Gasteiger partial charge on any atom is -0.480 e. The number of hydrogen-bond donors (Lipinski definition) is 2. The van der Waals surface area contributed by atoms with E-state index in [2.05, 4.69) is 5.32 Å². The molecule has 2 amide bonds. The molecule has 9 heteroatoms. The second kappa shape index (κ2) is 8.13. The molecule has 0 aliphatic heterocycles. The molecule has 0 spiro atoms. The smallest absolute Gasteiger partial charge is 0.406 e. The Labute approximate surface area is 113 Å². The summed E-state index contributed by atoms with van der Waals surface area (Å²) in [7, 11) is 0. The average Bonchev–Trinajstić information content (AvgIpc) is 2.25. The van der Waals surface area contributed by atoms with Crippen LogP contribution in [0.15, 0.2) is 0 Å². The van der Waals surface area contributed by atoms with E-state index >= 15 is 0 Å². The predicted molar refractivity (Wildman–Crippen MR) is 66.3 cm³/mol. The van der Waals surface area contributed by atoms with Crippen molar-refractivity contribution in [1.82, 2.24) is 10.2 Å². The molecular weight excluding hydrogens is 285 g/mol. The fraction of sp³-hybridized carbons (Fsp3) is 0.800. The van der Waals surface area contributed by atoms with Crippen molar-refractivity contribution in [2.45, 2.75) is 24.8 Å². The predicted octanol–water partition coefficient (Wildman–Crippen LogP) is 1.79. The molecule has 0 bridgehead atoms. The second-order valence-electron chi connectivity index (χ2n) is 3.93. The molecular formula is C10H17F3N2O3S. The number of aliphatic carboxylic acids is 1. The summed E-state index contributed by atoms with van der Waals surface area (Å²) >= 11 is 1.57. The SMILES string of the molecule is CSC(C)CCNC(=O)N(CC(=O)O)CC(F)(F)F. The second-order valence-corrected chi connectivity index (χ2v) is 5.21. The van der Waals surface area contributed by atoms with E-state index in [9.17, 15) is 22.8 Å². The Balaban J connectivity index is 4.34. The van der Waals surface area contributed by atoms with Crippen LogP contribution in [-0.2, 0) is 4.79 Å². The van der Waals surface area contributed by atoms with Crippen LogP contribution in [0.5, 0.6) is 0 Å². The number of rotatable bonds is 7. The van der Waals surface area contributed by atoms with Crippen LogP contribution in [0.25, 0.3) is 0 Å². The Morgan fingerprint density at radius 2 is 2.00 bits per heavy atom. The molecule has 2 N–H and O–H groups in total. The minimum absolute atomic E-state index is 0.203. The number of urea groups is 1. The number of nitrogens with zero attached hydrogens (tertiary/aromatic N) is 1. The highest BCUT2D eigenvalue weighted by molar-refractivity contribution is 7.99. The Bertz CT molecular complexity index is 313. The first kappa shape index (κ1) is 17.9. The van der Waals surface area contributed by atoms with Gasteiger partial charge in [-0.15, -0.1) is 0 Å². The first-order chi connectivity index (χ1) is 8.65. The van der Waals surface area contributed by atoms with Gasteiger partial charge in [-0.2, -0.15) is 24.9 Å². The van der Waals surface area contributed by atoms with Crippen LogP contribution in [0, 0.1) is 0 Å². The maximum Gasteiger partial charge on any atom is 0.406 e. The van der Waals surface area contributed by atoms with Crippen molar-refractivity contribution in [3.8, 4) is 0 Å². The van der Waals surface area contributed by atoms with Crippen LogP contribution < -0.4 is 5.32 Å². The lowest BCUT2D eigenvalue weighted by atomic mass is 10.3. The van der Waals surface area contributed by atoms with Gasteiger partial charge in [-0.3, -0.25) is 4.79 Å². The summed E-state index contributed by atoms with van der Waals surface area (Å²) in [5, 5.41) is 11.0. The van der Waals surface area contributed by atoms with E-state index < -0.39 is 31.3 Å². The molecule has 0 saturated carbocycles. The lowest BCUT2D eigenvalue weighted by Gasteiger charge is -2.22. The van der Waals surface area contributed by atoms with Gasteiger partial charge in [0.25, 0.3) is 0 Å². The maximum absolute atomic E-state index is 12.2. The Hall–Kier alpha value is -1.12. The lowest BCUT2D eigenvalue weighted by Crippen LogP contribution is -2.47. The summed E-state index contributed by atoms with van der Waals surface area (Å²) in [6.07, 6.45) is -2.15. The number of carbonyl (C=O) groups excluding carboxylic acids is 1. The van der Waals surface area contributed by atoms with E-state index in [0.717, 1.165) is 0 Å². The summed E-state index contributed by atoms with van der Waals surface area (Å²) in [6, 6.07) is -1.02. The van der Waals surface area contributed by atoms with E-state index in [1.165, 1.54) is 0 Å². The normalized spacial score (nSPS) is 12.9. The van der Waals surface area contributed by atoms with Crippen LogP contribution in [0.1, 0.15) is 13.3 Å². The highest BCUT2D eigenvalue weighted by Crippen LogP contribution is 2.16. The van der Waals surface area contributed by atoms with Crippen molar-refractivity contribution in [1.29, 1.82) is 0 Å². The lowest BCUT2D eigenvalue weighted by molar-refractivity contribution is -0.148. The quantitative estimate of drug-likeness (QED) is 0.752. The summed E-state index contributed by atoms with van der Waals surface area (Å²) in [5.41, 5.74) is 0. The Morgan fingerprint density at radius 3 is 2.42 bits per heavy atom. The van der Waals surface area contributed by atoms with Crippen molar-refractivity contribution in [3.05, 3.63) is 0 Å². The van der Waals surface area contributed by atoms with E-state index in [1.54, 1.807) is 11.8 Å². The number of nitrogens with one attached hydrogen (secondary N) is 1. The third-order valence-electron chi connectivity index (χ3n) is 2.21. The van der Waals surface area contributed by atoms with Gasteiger partial charge in [-0.1, -0.05) is 6.92 Å². The number of halogens is 3. The molecule has 1 unspecified atom stereocenters. The third kappa shape index (κ3) is 9.46. The zero-order valence-corrected chi connectivity index (χ0v) is 11.5. The standard InChI is InChI=1S/C10H17F3N2O3S/c1-7(19-2)3-4-14-9(18)15(5-8(16)17)6-10(11,12)13/h7H,3-6H2,1-2H3,(H,14,18)(H,16,17). The Kier molecular flexibility index (Phi) is 7.65. The van der Waals surface area contributed by atoms with Crippen molar-refractivity contribution in [3.63, 3.8) is 0 Å². The van der Waals surface area contributed by atoms with E-state index in [1.807, 2.05) is 13.2 Å². The van der Waals surface area contributed by atoms with Gasteiger partial charge >= 0.3 is 18.2 Å². The third-order valence-corrected chi connectivity index (χ3v) is 3.25. The summed E-state index contributed by atoms with van der Waals surface area (Å²) in [5.74, 6) is -1.49. The van der Waals surface area contributed by atoms with Gasteiger partial charge < -0.3 is 15.3 Å². The van der Waals surface area contributed by atoms with Gasteiger partial charge in [0, 0.05) is 11.8 Å². The van der Waals surface area contributed by atoms with Gasteiger partial charge in [0.2, 0.25) is 0 Å². The highest BCUT2D eigenvalue weighted by Gasteiger charge is 2.33. The van der Waals surface area contributed by atoms with Crippen LogP contribution in [0.3, 0.4) is 0 Å². The zero-order chi connectivity index (χ0) is 15.1. The van der Waals surface area contributed by atoms with Gasteiger partial charge in [0.15, 0.2) is 0 Å². The van der Waals surface area contributed by atoms with E-state index in [4.69, 9.17) is 5.11 Å². The van der Waals surface area contributed by atoms with Crippen molar-refractivity contribution < 1.29 is 27.9 Å². The molecule has 0 aromatic heterocycles. The zero-order valence-electron chi connectivity index (χ0n) is 10.7. The molecule has 0 aromatic carbocycles. The summed E-state index contributed by atoms with van der Waals surface area (Å²) < 4.78 is 36.6. The average molecular weight is 302 g/mol. The van der Waals surface area contributed by atoms with Crippen LogP contribution >= 0.6 is 11.8 Å². The number of amides is 2. The number of thioether (sulfide) groups is 1. The molecule has 19 heavy (non-hydrogen) atoms. The highest BCUT2D eigenvalue weighted by atomic mass is 32.2. The molecule has 1 atom stereocenters. The largest absolute Gasteiger partial charge is 0.480 e. The number of alkyl halides is 3. The fourth-order valence-corrected chi connectivity index (χ4v) is 1.54. The molecule has 0 rings (SSSR count). The van der Waals surface area contributed by atoms with Crippen LogP contribution in [0.2, 0.25) is 0 Å². The monoisotopic (exact) mass is 302 g/mol. The molecule has 0 fully saturated rings. The number of carboxylic acid groups (broad SMARTS) is 1. The summed E-state index contributed by atoms with van der Waals surface area (Å²) in [4.78, 5) is 22.1. The van der Waals surface area contributed by atoms with Crippen molar-refractivity contribution >= 4 is 23.8 Å². The molecule has 5 nitrogen and oxygen atoms in total. The first-order valence-corrected chi connectivity index (χ1v) is 6.78.